The number of benzene rings is 2. The van der Waals surface area contributed by atoms with Crippen molar-refractivity contribution in [3.63, 3.8) is 0 Å². The minimum Gasteiger partial charge on any atom is -0.353 e. The van der Waals surface area contributed by atoms with Gasteiger partial charge in [-0.05, 0) is 62.4 Å². The second-order valence-electron chi connectivity index (χ2n) is 8.36. The molecule has 3 heterocycles. The molecule has 0 bridgehead atoms. The van der Waals surface area contributed by atoms with Crippen LogP contribution in [0.3, 0.4) is 0 Å². The number of hydrogen-bond acceptors (Lipinski definition) is 2. The molecule has 2 aromatic heterocycles. The Morgan fingerprint density at radius 3 is 2.77 bits per heavy atom. The third kappa shape index (κ3) is 3.58. The molecule has 4 heteroatoms. The molecular formula is C26H27N3O. The summed E-state index contributed by atoms with van der Waals surface area (Å²) < 4.78 is 0. The Hall–Kier alpha value is -3.14. The molecule has 2 aromatic carbocycles. The normalized spacial score (nSPS) is 14.1. The highest BCUT2D eigenvalue weighted by Crippen LogP contribution is 2.32. The predicted octanol–water partition coefficient (Wildman–Crippen LogP) is 5.64. The average molecular weight is 398 g/mol. The summed E-state index contributed by atoms with van der Waals surface area (Å²) in [5.41, 5.74) is 6.68. The van der Waals surface area contributed by atoms with Gasteiger partial charge >= 0.3 is 0 Å². The molecule has 1 aliphatic rings. The van der Waals surface area contributed by atoms with E-state index in [2.05, 4.69) is 54.4 Å². The van der Waals surface area contributed by atoms with Crippen molar-refractivity contribution in [3.8, 4) is 11.4 Å². The minimum absolute atomic E-state index is 0.300. The highest BCUT2D eigenvalue weighted by atomic mass is 16.2. The van der Waals surface area contributed by atoms with Crippen LogP contribution in [0.4, 0.5) is 0 Å². The van der Waals surface area contributed by atoms with Gasteiger partial charge in [0.1, 0.15) is 0 Å². The van der Waals surface area contributed by atoms with E-state index >= 15 is 0 Å². The summed E-state index contributed by atoms with van der Waals surface area (Å²) in [6.45, 7) is 3.98. The van der Waals surface area contributed by atoms with Crippen LogP contribution in [-0.2, 0) is 11.2 Å². The zero-order chi connectivity index (χ0) is 20.5. The van der Waals surface area contributed by atoms with Crippen LogP contribution in [0.25, 0.3) is 33.2 Å². The van der Waals surface area contributed by atoms with Gasteiger partial charge in [-0.2, -0.15) is 0 Å². The molecule has 1 aliphatic heterocycles. The van der Waals surface area contributed by atoms with E-state index in [-0.39, 0.29) is 0 Å². The number of amides is 1. The first-order valence-corrected chi connectivity index (χ1v) is 10.9. The lowest BCUT2D eigenvalue weighted by Crippen LogP contribution is -2.27. The number of rotatable bonds is 5. The maximum Gasteiger partial charge on any atom is 0.222 e. The molecule has 0 radical (unpaired) electrons. The fourth-order valence-corrected chi connectivity index (χ4v) is 4.59. The zero-order valence-electron chi connectivity index (χ0n) is 17.4. The number of fused-ring (bicyclic) bond motifs is 2. The summed E-state index contributed by atoms with van der Waals surface area (Å²) in [5.74, 6) is 0.300. The highest BCUT2D eigenvalue weighted by Gasteiger charge is 2.19. The summed E-state index contributed by atoms with van der Waals surface area (Å²) >= 11 is 0. The number of nitrogens with one attached hydrogen (secondary N) is 1. The summed E-state index contributed by atoms with van der Waals surface area (Å²) in [6.07, 6.45) is 4.63. The number of nitrogens with zero attached hydrogens (tertiary/aromatic N) is 2. The number of H-pyrrole nitrogens is 1. The van der Waals surface area contributed by atoms with Gasteiger partial charge in [0.05, 0.1) is 16.9 Å². The van der Waals surface area contributed by atoms with Gasteiger partial charge in [-0.3, -0.25) is 4.79 Å². The number of carbonyl (C=O) groups is 1. The molecule has 0 saturated carbocycles. The van der Waals surface area contributed by atoms with Gasteiger partial charge in [0.2, 0.25) is 5.91 Å². The smallest absolute Gasteiger partial charge is 0.222 e. The summed E-state index contributed by atoms with van der Waals surface area (Å²) in [7, 11) is 0. The second-order valence-corrected chi connectivity index (χ2v) is 8.36. The van der Waals surface area contributed by atoms with Gasteiger partial charge in [-0.25, -0.2) is 4.98 Å². The van der Waals surface area contributed by atoms with Crippen LogP contribution in [0, 0.1) is 6.92 Å². The van der Waals surface area contributed by atoms with Crippen LogP contribution < -0.4 is 0 Å². The first-order chi connectivity index (χ1) is 14.7. The highest BCUT2D eigenvalue weighted by molar-refractivity contribution is 5.92. The molecule has 0 atom stereocenters. The molecule has 0 spiro atoms. The number of para-hydroxylation sites is 1. The number of aryl methyl sites for hydroxylation is 2. The van der Waals surface area contributed by atoms with Gasteiger partial charge < -0.3 is 9.88 Å². The quantitative estimate of drug-likeness (QED) is 0.474. The fourth-order valence-electron chi connectivity index (χ4n) is 4.59. The van der Waals surface area contributed by atoms with Gasteiger partial charge in [0, 0.05) is 35.8 Å². The van der Waals surface area contributed by atoms with E-state index in [1.807, 2.05) is 17.0 Å². The van der Waals surface area contributed by atoms with Crippen molar-refractivity contribution < 1.29 is 4.79 Å². The number of hydrogen-bond donors (Lipinski definition) is 1. The van der Waals surface area contributed by atoms with E-state index in [9.17, 15) is 4.79 Å². The molecule has 1 N–H and O–H groups in total. The predicted molar refractivity (Wildman–Crippen MR) is 123 cm³/mol. The standard InChI is InChI=1S/C26H27N3O/c1-18-11-13-23-21(17-18)20(8-6-10-25(30)29-15-4-5-16-29)26(28-23)24-14-12-19-7-2-3-9-22(19)27-24/h2-3,7,9,11-14,17,28H,4-6,8,10,15-16H2,1H3. The van der Waals surface area contributed by atoms with Gasteiger partial charge in [0.25, 0.3) is 0 Å². The lowest BCUT2D eigenvalue weighted by Gasteiger charge is -2.15. The molecule has 0 unspecified atom stereocenters. The van der Waals surface area contributed by atoms with E-state index in [0.717, 1.165) is 66.6 Å². The number of carbonyl (C=O) groups excluding carboxylic acids is 1. The summed E-state index contributed by atoms with van der Waals surface area (Å²) in [6, 6.07) is 19.0. The van der Waals surface area contributed by atoms with Crippen molar-refractivity contribution in [2.45, 2.75) is 39.0 Å². The largest absolute Gasteiger partial charge is 0.353 e. The van der Waals surface area contributed by atoms with Crippen molar-refractivity contribution in [2.24, 2.45) is 0 Å². The minimum atomic E-state index is 0.300. The number of likely N-dealkylation sites (tertiary alicyclic amines) is 1. The Balaban J connectivity index is 1.48. The van der Waals surface area contributed by atoms with Crippen LogP contribution in [0.15, 0.2) is 54.6 Å². The fraction of sp³-hybridized carbons (Fsp3) is 0.308. The Bertz CT molecular complexity index is 1220. The molecule has 30 heavy (non-hydrogen) atoms. The van der Waals surface area contributed by atoms with Crippen molar-refractivity contribution in [3.05, 3.63) is 65.7 Å². The van der Waals surface area contributed by atoms with Crippen molar-refractivity contribution in [2.75, 3.05) is 13.1 Å². The maximum absolute atomic E-state index is 12.5. The van der Waals surface area contributed by atoms with Crippen molar-refractivity contribution in [1.29, 1.82) is 0 Å². The Labute approximate surface area is 176 Å². The van der Waals surface area contributed by atoms with Gasteiger partial charge in [-0.15, -0.1) is 0 Å². The average Bonchev–Trinajstić information content (AvgIpc) is 3.42. The molecule has 152 valence electrons. The lowest BCUT2D eigenvalue weighted by molar-refractivity contribution is -0.130. The van der Waals surface area contributed by atoms with Gasteiger partial charge in [-0.1, -0.05) is 35.9 Å². The van der Waals surface area contributed by atoms with Crippen molar-refractivity contribution >= 4 is 27.7 Å². The van der Waals surface area contributed by atoms with Crippen LogP contribution in [0.2, 0.25) is 0 Å². The molecule has 1 amide bonds. The van der Waals surface area contributed by atoms with Crippen LogP contribution >= 0.6 is 0 Å². The number of aromatic amines is 1. The lowest BCUT2D eigenvalue weighted by atomic mass is 10.0. The van der Waals surface area contributed by atoms with Crippen molar-refractivity contribution in [1.82, 2.24) is 14.9 Å². The Kier molecular flexibility index (Phi) is 4.99. The van der Waals surface area contributed by atoms with Gasteiger partial charge in [0.15, 0.2) is 0 Å². The van der Waals surface area contributed by atoms with Crippen LogP contribution in [0.5, 0.6) is 0 Å². The third-order valence-electron chi connectivity index (χ3n) is 6.19. The van der Waals surface area contributed by atoms with Crippen LogP contribution in [0.1, 0.15) is 36.8 Å². The third-order valence-corrected chi connectivity index (χ3v) is 6.19. The maximum atomic E-state index is 12.5. The molecule has 0 aliphatic carbocycles. The molecule has 1 fully saturated rings. The Morgan fingerprint density at radius 1 is 1.07 bits per heavy atom. The monoisotopic (exact) mass is 397 g/mol. The Morgan fingerprint density at radius 2 is 1.90 bits per heavy atom. The second kappa shape index (κ2) is 7.94. The van der Waals surface area contributed by atoms with E-state index in [1.165, 1.54) is 16.5 Å². The summed E-state index contributed by atoms with van der Waals surface area (Å²) in [5, 5.41) is 2.39. The molecule has 4 nitrogen and oxygen atoms in total. The molecule has 4 aromatic rings. The number of aromatic nitrogens is 2. The van der Waals surface area contributed by atoms with E-state index < -0.39 is 0 Å². The first kappa shape index (κ1) is 18.9. The van der Waals surface area contributed by atoms with E-state index in [4.69, 9.17) is 4.98 Å². The first-order valence-electron chi connectivity index (χ1n) is 10.9. The van der Waals surface area contributed by atoms with Crippen LogP contribution in [-0.4, -0.2) is 33.9 Å². The number of pyridine rings is 1. The summed E-state index contributed by atoms with van der Waals surface area (Å²) in [4.78, 5) is 23.0. The SMILES string of the molecule is Cc1ccc2[nH]c(-c3ccc4ccccc4n3)c(CCCC(=O)N3CCCC3)c2c1. The zero-order valence-corrected chi connectivity index (χ0v) is 17.4. The van der Waals surface area contributed by atoms with E-state index in [1.54, 1.807) is 0 Å². The molecule has 1 saturated heterocycles. The topological polar surface area (TPSA) is 49.0 Å². The molecule has 5 rings (SSSR count). The molecular weight excluding hydrogens is 370 g/mol. The van der Waals surface area contributed by atoms with E-state index in [0.29, 0.717) is 12.3 Å².